The Bertz CT molecular complexity index is 370. The first-order valence-electron chi connectivity index (χ1n) is 7.67. The Morgan fingerprint density at radius 3 is 2.65 bits per heavy atom. The zero-order valence-corrected chi connectivity index (χ0v) is 12.8. The first-order valence-corrected chi connectivity index (χ1v) is 7.67. The summed E-state index contributed by atoms with van der Waals surface area (Å²) in [7, 11) is 1.68. The minimum absolute atomic E-state index is 0.147. The largest absolute Gasteiger partial charge is 0.385 e. The summed E-state index contributed by atoms with van der Waals surface area (Å²) in [5.41, 5.74) is 0. The Morgan fingerprint density at radius 2 is 2.00 bits per heavy atom. The first-order chi connectivity index (χ1) is 9.57. The lowest BCUT2D eigenvalue weighted by atomic mass is 9.95. The van der Waals surface area contributed by atoms with Gasteiger partial charge in [0.1, 0.15) is 12.1 Å². The van der Waals surface area contributed by atoms with Gasteiger partial charge in [-0.2, -0.15) is 0 Å². The van der Waals surface area contributed by atoms with Crippen LogP contribution in [0.5, 0.6) is 0 Å². The number of rotatable bonds is 6. The number of piperazine rings is 1. The maximum Gasteiger partial charge on any atom is 0.246 e. The van der Waals surface area contributed by atoms with Crippen LogP contribution in [0.3, 0.4) is 0 Å². The second kappa shape index (κ2) is 6.57. The van der Waals surface area contributed by atoms with Crippen molar-refractivity contribution in [3.05, 3.63) is 0 Å². The van der Waals surface area contributed by atoms with E-state index in [0.29, 0.717) is 13.2 Å². The van der Waals surface area contributed by atoms with E-state index in [9.17, 15) is 9.59 Å². The normalized spacial score (nSPS) is 26.6. The van der Waals surface area contributed by atoms with Crippen LogP contribution in [0.4, 0.5) is 0 Å². The van der Waals surface area contributed by atoms with Gasteiger partial charge in [0.2, 0.25) is 11.8 Å². The van der Waals surface area contributed by atoms with Crippen molar-refractivity contribution in [3.8, 4) is 0 Å². The molecule has 2 rings (SSSR count). The molecule has 114 valence electrons. The van der Waals surface area contributed by atoms with E-state index in [4.69, 9.17) is 4.74 Å². The van der Waals surface area contributed by atoms with Crippen LogP contribution in [0.25, 0.3) is 0 Å². The number of ether oxygens (including phenoxy) is 1. The van der Waals surface area contributed by atoms with Crippen molar-refractivity contribution in [2.24, 2.45) is 5.92 Å². The number of hydrogen-bond acceptors (Lipinski definition) is 3. The van der Waals surface area contributed by atoms with Gasteiger partial charge in [0.05, 0.1) is 0 Å². The highest BCUT2D eigenvalue weighted by Gasteiger charge is 2.48. The monoisotopic (exact) mass is 282 g/mol. The zero-order chi connectivity index (χ0) is 14.7. The maximum absolute atomic E-state index is 12.6. The second-order valence-electron chi connectivity index (χ2n) is 6.11. The Labute approximate surface area is 121 Å². The Morgan fingerprint density at radius 1 is 1.25 bits per heavy atom. The predicted molar refractivity (Wildman–Crippen MR) is 76.2 cm³/mol. The van der Waals surface area contributed by atoms with Crippen molar-refractivity contribution in [1.29, 1.82) is 0 Å². The lowest BCUT2D eigenvalue weighted by molar-refractivity contribution is -0.161. The molecule has 2 aliphatic heterocycles. The zero-order valence-electron chi connectivity index (χ0n) is 12.8. The molecule has 0 spiro atoms. The molecular formula is C15H26N2O3. The standard InChI is InChI=1S/C15H26N2O3/c1-11(2)13-15(19)16-9-6-7-12(16)14(18)17(13)8-4-5-10-20-3/h11-13H,4-10H2,1-3H3. The fourth-order valence-electron chi connectivity index (χ4n) is 3.34. The fraction of sp³-hybridized carbons (Fsp3) is 0.867. The fourth-order valence-corrected chi connectivity index (χ4v) is 3.34. The predicted octanol–water partition coefficient (Wildman–Crippen LogP) is 1.27. The van der Waals surface area contributed by atoms with Crippen LogP contribution in [-0.4, -0.2) is 60.5 Å². The highest BCUT2D eigenvalue weighted by molar-refractivity contribution is 5.97. The molecule has 2 amide bonds. The summed E-state index contributed by atoms with van der Waals surface area (Å²) in [6, 6.07) is -0.473. The Balaban J connectivity index is 2.08. The molecule has 20 heavy (non-hydrogen) atoms. The molecule has 2 aliphatic rings. The van der Waals surface area contributed by atoms with Crippen LogP contribution < -0.4 is 0 Å². The summed E-state index contributed by atoms with van der Waals surface area (Å²) < 4.78 is 5.04. The number of carbonyl (C=O) groups excluding carboxylic acids is 2. The van der Waals surface area contributed by atoms with E-state index < -0.39 is 0 Å². The molecule has 2 fully saturated rings. The van der Waals surface area contributed by atoms with E-state index >= 15 is 0 Å². The molecular weight excluding hydrogens is 256 g/mol. The average Bonchev–Trinajstić information content (AvgIpc) is 2.89. The van der Waals surface area contributed by atoms with Crippen LogP contribution in [-0.2, 0) is 14.3 Å². The number of nitrogens with zero attached hydrogens (tertiary/aromatic N) is 2. The van der Waals surface area contributed by atoms with Gasteiger partial charge in [-0.1, -0.05) is 13.8 Å². The molecule has 0 N–H and O–H groups in total. The first kappa shape index (κ1) is 15.3. The van der Waals surface area contributed by atoms with E-state index in [-0.39, 0.29) is 29.8 Å². The van der Waals surface area contributed by atoms with Crippen molar-refractivity contribution in [3.63, 3.8) is 0 Å². The van der Waals surface area contributed by atoms with Crippen molar-refractivity contribution in [2.45, 2.75) is 51.6 Å². The van der Waals surface area contributed by atoms with Crippen LogP contribution >= 0.6 is 0 Å². The average molecular weight is 282 g/mol. The Kier molecular flexibility index (Phi) is 5.02. The van der Waals surface area contributed by atoms with Gasteiger partial charge in [0.25, 0.3) is 0 Å². The molecule has 0 saturated carbocycles. The number of unbranched alkanes of at least 4 members (excludes halogenated alkanes) is 1. The second-order valence-corrected chi connectivity index (χ2v) is 6.11. The molecule has 0 aromatic heterocycles. The number of carbonyl (C=O) groups is 2. The molecule has 5 heteroatoms. The minimum Gasteiger partial charge on any atom is -0.385 e. The third kappa shape index (κ3) is 2.82. The number of methoxy groups -OCH3 is 1. The molecule has 0 aromatic rings. The highest BCUT2D eigenvalue weighted by atomic mass is 16.5. The third-order valence-corrected chi connectivity index (χ3v) is 4.32. The van der Waals surface area contributed by atoms with Crippen LogP contribution in [0.1, 0.15) is 39.5 Å². The molecule has 2 unspecified atom stereocenters. The number of amides is 2. The molecule has 0 aliphatic carbocycles. The topological polar surface area (TPSA) is 49.9 Å². The quantitative estimate of drug-likeness (QED) is 0.689. The number of hydrogen-bond donors (Lipinski definition) is 0. The van der Waals surface area contributed by atoms with E-state index in [0.717, 1.165) is 32.2 Å². The maximum atomic E-state index is 12.6. The van der Waals surface area contributed by atoms with Crippen LogP contribution in [0.2, 0.25) is 0 Å². The van der Waals surface area contributed by atoms with Gasteiger partial charge in [0, 0.05) is 26.8 Å². The molecule has 5 nitrogen and oxygen atoms in total. The summed E-state index contributed by atoms with van der Waals surface area (Å²) >= 11 is 0. The van der Waals surface area contributed by atoms with E-state index in [1.807, 2.05) is 18.7 Å². The summed E-state index contributed by atoms with van der Waals surface area (Å²) in [6.45, 7) is 6.16. The third-order valence-electron chi connectivity index (χ3n) is 4.32. The van der Waals surface area contributed by atoms with Gasteiger partial charge in [-0.3, -0.25) is 9.59 Å². The van der Waals surface area contributed by atoms with Gasteiger partial charge in [0.15, 0.2) is 0 Å². The lowest BCUT2D eigenvalue weighted by Gasteiger charge is -2.44. The van der Waals surface area contributed by atoms with E-state index in [1.165, 1.54) is 0 Å². The Hall–Kier alpha value is -1.10. The molecule has 0 bridgehead atoms. The molecule has 2 saturated heterocycles. The summed E-state index contributed by atoms with van der Waals surface area (Å²) in [6.07, 6.45) is 3.59. The van der Waals surface area contributed by atoms with Crippen LogP contribution in [0.15, 0.2) is 0 Å². The van der Waals surface area contributed by atoms with Crippen molar-refractivity contribution >= 4 is 11.8 Å². The van der Waals surface area contributed by atoms with Gasteiger partial charge < -0.3 is 14.5 Å². The summed E-state index contributed by atoms with van der Waals surface area (Å²) in [5.74, 6) is 0.461. The van der Waals surface area contributed by atoms with Crippen molar-refractivity contribution < 1.29 is 14.3 Å². The van der Waals surface area contributed by atoms with E-state index in [2.05, 4.69) is 0 Å². The van der Waals surface area contributed by atoms with Gasteiger partial charge in [-0.05, 0) is 31.6 Å². The molecule has 2 atom stereocenters. The van der Waals surface area contributed by atoms with E-state index in [1.54, 1.807) is 12.0 Å². The van der Waals surface area contributed by atoms with Gasteiger partial charge >= 0.3 is 0 Å². The summed E-state index contributed by atoms with van der Waals surface area (Å²) in [4.78, 5) is 28.9. The molecule has 2 heterocycles. The minimum atomic E-state index is -0.278. The van der Waals surface area contributed by atoms with Crippen molar-refractivity contribution in [2.75, 3.05) is 26.8 Å². The lowest BCUT2D eigenvalue weighted by Crippen LogP contribution is -2.64. The van der Waals surface area contributed by atoms with Crippen LogP contribution in [0, 0.1) is 5.92 Å². The highest BCUT2D eigenvalue weighted by Crippen LogP contribution is 2.29. The van der Waals surface area contributed by atoms with Crippen molar-refractivity contribution in [1.82, 2.24) is 9.80 Å². The molecule has 0 radical (unpaired) electrons. The molecule has 0 aromatic carbocycles. The number of fused-ring (bicyclic) bond motifs is 1. The summed E-state index contributed by atoms with van der Waals surface area (Å²) in [5, 5.41) is 0. The van der Waals surface area contributed by atoms with Gasteiger partial charge in [-0.15, -0.1) is 0 Å². The van der Waals surface area contributed by atoms with Gasteiger partial charge in [-0.25, -0.2) is 0 Å². The smallest absolute Gasteiger partial charge is 0.246 e. The SMILES string of the molecule is COCCCCN1C(=O)C2CCCN2C(=O)C1C(C)C.